The van der Waals surface area contributed by atoms with Crippen molar-refractivity contribution in [1.29, 1.82) is 0 Å². The topological polar surface area (TPSA) is 110 Å². The summed E-state index contributed by atoms with van der Waals surface area (Å²) in [6, 6.07) is 3.28. The molecule has 0 aliphatic carbocycles. The number of H-pyrrole nitrogens is 1. The molecule has 0 aromatic carbocycles. The highest BCUT2D eigenvalue weighted by molar-refractivity contribution is 7.80. The van der Waals surface area contributed by atoms with E-state index in [2.05, 4.69) is 25.5 Å². The average Bonchev–Trinajstić information content (AvgIpc) is 2.96. The minimum absolute atomic E-state index is 0.225. The van der Waals surface area contributed by atoms with E-state index in [0.717, 1.165) is 18.7 Å². The van der Waals surface area contributed by atoms with Crippen molar-refractivity contribution < 1.29 is 4.79 Å². The van der Waals surface area contributed by atoms with E-state index in [9.17, 15) is 4.79 Å². The highest BCUT2D eigenvalue weighted by Gasteiger charge is 2.07. The maximum absolute atomic E-state index is 11.8. The summed E-state index contributed by atoms with van der Waals surface area (Å²) >= 11 is 4.82. The molecule has 0 bridgehead atoms. The summed E-state index contributed by atoms with van der Waals surface area (Å²) in [5, 5.41) is 9.30. The fourth-order valence-corrected chi connectivity index (χ4v) is 1.69. The average molecular weight is 290 g/mol. The van der Waals surface area contributed by atoms with Gasteiger partial charge in [0.15, 0.2) is 0 Å². The summed E-state index contributed by atoms with van der Waals surface area (Å²) in [6.45, 7) is 0.540. The summed E-state index contributed by atoms with van der Waals surface area (Å²) in [6.07, 6.45) is 4.45. The number of thiocarbonyl (C=S) groups is 1. The van der Waals surface area contributed by atoms with Crippen LogP contribution in [0, 0.1) is 0 Å². The summed E-state index contributed by atoms with van der Waals surface area (Å²) in [7, 11) is 0. The number of rotatable bonds is 6. The third kappa shape index (κ3) is 3.82. The van der Waals surface area contributed by atoms with Crippen LogP contribution in [0.1, 0.15) is 28.3 Å². The molecule has 2 rings (SSSR count). The van der Waals surface area contributed by atoms with Crippen molar-refractivity contribution in [3.8, 4) is 0 Å². The van der Waals surface area contributed by atoms with Crippen molar-refractivity contribution in [2.24, 2.45) is 5.73 Å². The third-order valence-electron chi connectivity index (χ3n) is 2.62. The number of carbonyl (C=O) groups excluding carboxylic acids is 1. The van der Waals surface area contributed by atoms with Crippen LogP contribution in [-0.4, -0.2) is 37.6 Å². The van der Waals surface area contributed by atoms with Gasteiger partial charge in [0.25, 0.3) is 5.91 Å². The number of carbonyl (C=O) groups is 1. The number of aromatic amines is 1. The van der Waals surface area contributed by atoms with Gasteiger partial charge in [0, 0.05) is 24.7 Å². The van der Waals surface area contributed by atoms with Crippen molar-refractivity contribution >= 4 is 23.1 Å². The third-order valence-corrected chi connectivity index (χ3v) is 2.86. The second-order valence-corrected chi connectivity index (χ2v) is 4.53. The second-order valence-electron chi connectivity index (χ2n) is 4.09. The summed E-state index contributed by atoms with van der Waals surface area (Å²) < 4.78 is 0. The van der Waals surface area contributed by atoms with Gasteiger partial charge in [-0.05, 0) is 18.6 Å². The molecule has 0 unspecified atom stereocenters. The van der Waals surface area contributed by atoms with Gasteiger partial charge in [0.1, 0.15) is 22.8 Å². The number of pyridine rings is 1. The first-order chi connectivity index (χ1) is 9.66. The van der Waals surface area contributed by atoms with Crippen molar-refractivity contribution in [1.82, 2.24) is 25.5 Å². The first-order valence-corrected chi connectivity index (χ1v) is 6.46. The van der Waals surface area contributed by atoms with E-state index < -0.39 is 0 Å². The number of amides is 1. The van der Waals surface area contributed by atoms with E-state index >= 15 is 0 Å². The lowest BCUT2D eigenvalue weighted by Crippen LogP contribution is -2.26. The van der Waals surface area contributed by atoms with Gasteiger partial charge in [-0.25, -0.2) is 4.98 Å². The van der Waals surface area contributed by atoms with Gasteiger partial charge in [-0.3, -0.25) is 14.9 Å². The molecule has 2 aromatic rings. The lowest BCUT2D eigenvalue weighted by molar-refractivity contribution is 0.0948. The Morgan fingerprint density at radius 1 is 1.40 bits per heavy atom. The van der Waals surface area contributed by atoms with Crippen LogP contribution in [0.4, 0.5) is 0 Å². The lowest BCUT2D eigenvalue weighted by Gasteiger charge is -2.04. The number of nitrogens with zero attached hydrogens (tertiary/aromatic N) is 3. The zero-order valence-corrected chi connectivity index (χ0v) is 11.5. The molecule has 0 atom stereocenters. The number of nitrogens with two attached hydrogens (primary N) is 1. The molecular formula is C12H14N6OS. The van der Waals surface area contributed by atoms with Crippen molar-refractivity contribution in [2.45, 2.75) is 12.8 Å². The Labute approximate surface area is 121 Å². The molecule has 2 heterocycles. The molecule has 0 radical (unpaired) electrons. The van der Waals surface area contributed by atoms with E-state index in [1.165, 1.54) is 12.5 Å². The minimum atomic E-state index is -0.225. The Kier molecular flexibility index (Phi) is 4.72. The van der Waals surface area contributed by atoms with E-state index in [1.54, 1.807) is 12.1 Å². The first kappa shape index (κ1) is 14.1. The van der Waals surface area contributed by atoms with E-state index in [4.69, 9.17) is 18.0 Å². The van der Waals surface area contributed by atoms with Crippen LogP contribution in [-0.2, 0) is 6.42 Å². The SMILES string of the molecule is NC(=S)c1ccc(C(=O)NCCCc2ncn[nH]2)nc1. The molecule has 0 saturated carbocycles. The summed E-state index contributed by atoms with van der Waals surface area (Å²) in [5.74, 6) is 0.579. The van der Waals surface area contributed by atoms with Gasteiger partial charge >= 0.3 is 0 Å². The molecule has 2 aromatic heterocycles. The van der Waals surface area contributed by atoms with Crippen molar-refractivity contribution in [3.63, 3.8) is 0 Å². The van der Waals surface area contributed by atoms with E-state index in [1.807, 2.05) is 0 Å². The molecule has 8 heteroatoms. The summed E-state index contributed by atoms with van der Waals surface area (Å²) in [5.41, 5.74) is 6.44. The van der Waals surface area contributed by atoms with Gasteiger partial charge in [0.2, 0.25) is 0 Å². The van der Waals surface area contributed by atoms with Gasteiger partial charge in [-0.2, -0.15) is 5.10 Å². The highest BCUT2D eigenvalue weighted by atomic mass is 32.1. The van der Waals surface area contributed by atoms with Crippen LogP contribution in [0.3, 0.4) is 0 Å². The maximum atomic E-state index is 11.8. The van der Waals surface area contributed by atoms with Crippen molar-refractivity contribution in [2.75, 3.05) is 6.54 Å². The Morgan fingerprint density at radius 3 is 2.85 bits per heavy atom. The normalized spacial score (nSPS) is 10.2. The predicted octanol–water partition coefficient (Wildman–Crippen LogP) is 0.196. The Bertz CT molecular complexity index is 581. The molecule has 0 aliphatic rings. The largest absolute Gasteiger partial charge is 0.389 e. The fourth-order valence-electron chi connectivity index (χ4n) is 1.57. The van der Waals surface area contributed by atoms with Gasteiger partial charge in [-0.1, -0.05) is 12.2 Å². The van der Waals surface area contributed by atoms with Crippen LogP contribution < -0.4 is 11.1 Å². The molecule has 1 amide bonds. The molecule has 20 heavy (non-hydrogen) atoms. The Hall–Kier alpha value is -2.35. The number of hydrogen-bond acceptors (Lipinski definition) is 5. The monoisotopic (exact) mass is 290 g/mol. The highest BCUT2D eigenvalue weighted by Crippen LogP contribution is 2.00. The van der Waals surface area contributed by atoms with Crippen LogP contribution in [0.25, 0.3) is 0 Å². The Balaban J connectivity index is 1.78. The van der Waals surface area contributed by atoms with Crippen molar-refractivity contribution in [3.05, 3.63) is 41.7 Å². The van der Waals surface area contributed by atoms with Crippen LogP contribution in [0.2, 0.25) is 0 Å². The van der Waals surface area contributed by atoms with Crippen LogP contribution in [0.5, 0.6) is 0 Å². The molecule has 0 saturated heterocycles. The van der Waals surface area contributed by atoms with Crippen LogP contribution >= 0.6 is 12.2 Å². The summed E-state index contributed by atoms with van der Waals surface area (Å²) in [4.78, 5) is 20.1. The molecule has 4 N–H and O–H groups in total. The number of nitrogens with one attached hydrogen (secondary N) is 2. The van der Waals surface area contributed by atoms with Gasteiger partial charge < -0.3 is 11.1 Å². The molecule has 104 valence electrons. The minimum Gasteiger partial charge on any atom is -0.389 e. The lowest BCUT2D eigenvalue weighted by atomic mass is 10.2. The van der Waals surface area contributed by atoms with E-state index in [0.29, 0.717) is 17.8 Å². The number of hydrogen-bond donors (Lipinski definition) is 3. The van der Waals surface area contributed by atoms with Crippen LogP contribution in [0.15, 0.2) is 24.7 Å². The van der Waals surface area contributed by atoms with Gasteiger partial charge in [-0.15, -0.1) is 0 Å². The van der Waals surface area contributed by atoms with Gasteiger partial charge in [0.05, 0.1) is 0 Å². The molecular weight excluding hydrogens is 276 g/mol. The smallest absolute Gasteiger partial charge is 0.269 e. The molecule has 0 fully saturated rings. The molecule has 0 spiro atoms. The van der Waals surface area contributed by atoms with E-state index in [-0.39, 0.29) is 10.9 Å². The number of aromatic nitrogens is 4. The zero-order chi connectivity index (χ0) is 14.4. The molecule has 0 aliphatic heterocycles. The first-order valence-electron chi connectivity index (χ1n) is 6.05. The quantitative estimate of drug-likeness (QED) is 0.518. The maximum Gasteiger partial charge on any atom is 0.269 e. The zero-order valence-electron chi connectivity index (χ0n) is 10.7. The fraction of sp³-hybridized carbons (Fsp3) is 0.250. The molecule has 7 nitrogen and oxygen atoms in total. The second kappa shape index (κ2) is 6.71. The standard InChI is InChI=1S/C12H14N6OS/c13-11(20)8-3-4-9(15-6-8)12(19)14-5-1-2-10-16-7-17-18-10/h3-4,6-7H,1-2,5H2,(H2,13,20)(H,14,19)(H,16,17,18). The number of aryl methyl sites for hydroxylation is 1. The predicted molar refractivity (Wildman–Crippen MR) is 77.2 cm³/mol. The Morgan fingerprint density at radius 2 is 2.25 bits per heavy atom.